The SMILES string of the molecule is C.C1=COCCC1.CCCc1ccc(-c2cc(F)c(C(F)(F)Br)c(F)c2)c(F)c1.CCCc1ccc(-c2cc(F)c(C(F)(F)Oc3cc(F)c(F)c(F)c3C)c(F)c2)c(F)c1.CCCc1ccc(-c2cc(F)cc(F)c2)c(F)c1.Cc1c(O)cc(F)c(F)c1F.Cc1c(OC2CCCCO2)cc(F)c(F)c1F.Cl.Fc1cc(OC2CCCCO2)cc(F)c1F.O=CO[O-].Oc1cc(F)c(F)c(F)c1.[3H][P+](P)=S.[H-].[K+].[K+]. The van der Waals surface area contributed by atoms with Crippen LogP contribution in [-0.4, -0.2) is 50.4 Å². The summed E-state index contributed by atoms with van der Waals surface area (Å²) in [6.45, 7) is 10.2. The van der Waals surface area contributed by atoms with Crippen molar-refractivity contribution in [2.24, 2.45) is 0 Å². The predicted molar refractivity (Wildman–Crippen MR) is 484 cm³/mol. The fraction of sp³-hybridized carbons (Fsp3) is 0.289. The molecule has 0 amide bonds. The zero-order valence-electron chi connectivity index (χ0n) is 78.1. The third-order valence-electron chi connectivity index (χ3n) is 19.1. The molecule has 4 atom stereocenters. The maximum absolute atomic E-state index is 14.5. The van der Waals surface area contributed by atoms with Crippen molar-refractivity contribution in [3.63, 3.8) is 0 Å². The number of aryl methyl sites for hydroxylation is 3. The van der Waals surface area contributed by atoms with Crippen molar-refractivity contribution in [3.8, 4) is 62.1 Å². The molecule has 11 aromatic carbocycles. The molecule has 0 saturated carbocycles. The smallest absolute Gasteiger partial charge is 1.00 e. The van der Waals surface area contributed by atoms with Gasteiger partial charge in [0.25, 0.3) is 6.47 Å². The van der Waals surface area contributed by atoms with Gasteiger partial charge in [0, 0.05) is 94.8 Å². The van der Waals surface area contributed by atoms with Crippen LogP contribution in [-0.2, 0) is 65.9 Å². The van der Waals surface area contributed by atoms with E-state index in [0.717, 1.165) is 119 Å². The second kappa shape index (κ2) is 65.9. The number of halogens is 30. The molecule has 0 aromatic heterocycles. The van der Waals surface area contributed by atoms with Crippen molar-refractivity contribution in [1.82, 2.24) is 0 Å². The Balaban J connectivity index is 0.00000166. The van der Waals surface area contributed by atoms with Crippen molar-refractivity contribution >= 4 is 62.5 Å². The van der Waals surface area contributed by atoms with Crippen molar-refractivity contribution in [3.05, 3.63) is 336 Å². The molecule has 143 heavy (non-hydrogen) atoms. The van der Waals surface area contributed by atoms with E-state index in [4.69, 9.17) is 45.2 Å². The Bertz CT molecular complexity index is 5900. The minimum absolute atomic E-state index is 0. The first-order valence-corrected chi connectivity index (χ1v) is 45.5. The molecular weight excluding hydrogens is 2160 g/mol. The van der Waals surface area contributed by atoms with Crippen LogP contribution in [0.2, 0.25) is 0 Å². The quantitative estimate of drug-likeness (QED) is 0.0123. The van der Waals surface area contributed by atoms with Crippen LogP contribution in [0.4, 0.5) is 123 Å². The molecule has 11 aromatic rings. The van der Waals surface area contributed by atoms with Crippen LogP contribution >= 0.6 is 44.3 Å². The predicted octanol–water partition coefficient (Wildman–Crippen LogP) is 24.6. The van der Waals surface area contributed by atoms with Gasteiger partial charge in [-0.15, -0.1) is 12.4 Å². The van der Waals surface area contributed by atoms with E-state index >= 15 is 0 Å². The summed E-state index contributed by atoms with van der Waals surface area (Å²) < 4.78 is 408. The summed E-state index contributed by atoms with van der Waals surface area (Å²) in [5.74, 6) is -34.2. The summed E-state index contributed by atoms with van der Waals surface area (Å²) in [6, 6.07) is 22.6. The average Bonchev–Trinajstić information content (AvgIpc) is 0.786. The molecule has 2 saturated heterocycles. The maximum atomic E-state index is 14.5. The Kier molecular flexibility index (Phi) is 60.6. The second-order valence-electron chi connectivity index (χ2n) is 29.4. The van der Waals surface area contributed by atoms with Crippen LogP contribution in [0.15, 0.2) is 152 Å². The van der Waals surface area contributed by atoms with Gasteiger partial charge in [-0.05, 0) is 189 Å². The minimum atomic E-state index is -4.72. The van der Waals surface area contributed by atoms with Gasteiger partial charge >= 0.3 is 115 Å². The second-order valence-corrected chi connectivity index (χ2v) is 33.1. The first-order valence-electron chi connectivity index (χ1n) is 41.6. The van der Waals surface area contributed by atoms with Crippen LogP contribution in [0.5, 0.6) is 28.7 Å². The number of carbonyl (C=O) groups is 1. The number of hydrogen-bond donors (Lipinski definition) is 2. The number of benzene rings is 11. The Hall–Kier alpha value is -7.66. The van der Waals surface area contributed by atoms with Crippen LogP contribution in [0, 0.1) is 160 Å². The summed E-state index contributed by atoms with van der Waals surface area (Å²) in [5, 5.41) is 25.7. The van der Waals surface area contributed by atoms with E-state index in [9.17, 15) is 123 Å². The van der Waals surface area contributed by atoms with E-state index in [1.165, 1.54) is 50.1 Å². The number of aromatic hydroxyl groups is 2. The van der Waals surface area contributed by atoms with Crippen LogP contribution in [0.25, 0.3) is 33.4 Å². The molecule has 11 nitrogen and oxygen atoms in total. The van der Waals surface area contributed by atoms with Gasteiger partial charge in [0.05, 0.1) is 35.0 Å². The topological polar surface area (TPSA) is 145 Å². The molecular formula is C97H91BrClF28K2O11P2S+. The van der Waals surface area contributed by atoms with Gasteiger partial charge in [-0.1, -0.05) is 83.9 Å². The number of allylic oxidation sites excluding steroid dienone is 1. The number of ether oxygens (including phenoxy) is 6. The van der Waals surface area contributed by atoms with Crippen molar-refractivity contribution < 1.29 is 281 Å². The van der Waals surface area contributed by atoms with Crippen LogP contribution in [0.3, 0.4) is 0 Å². The fourth-order valence-electron chi connectivity index (χ4n) is 12.4. The Morgan fingerprint density at radius 3 is 1.13 bits per heavy atom. The maximum Gasteiger partial charge on any atom is 1.00 e. The van der Waals surface area contributed by atoms with Gasteiger partial charge in [0.15, 0.2) is 119 Å². The number of carbonyl (C=O) groups excluding carboxylic acids is 1. The monoisotopic (exact) mass is 2250 g/mol. The van der Waals surface area contributed by atoms with E-state index < -0.39 is 204 Å². The molecule has 2 N–H and O–H groups in total. The molecule has 46 heteroatoms. The number of rotatable bonds is 18. The third kappa shape index (κ3) is 42.1. The first kappa shape index (κ1) is 131. The number of alkyl halides is 5. The van der Waals surface area contributed by atoms with E-state index in [1.807, 2.05) is 42.8 Å². The Morgan fingerprint density at radius 1 is 0.462 bits per heavy atom. The number of hydrogen-bond acceptors (Lipinski definition) is 12. The molecule has 0 aliphatic carbocycles. The molecule has 0 bridgehead atoms. The largest absolute Gasteiger partial charge is 1.00 e. The minimum Gasteiger partial charge on any atom is -1.00 e. The Morgan fingerprint density at radius 2 is 0.804 bits per heavy atom. The van der Waals surface area contributed by atoms with Gasteiger partial charge in [-0.25, -0.2) is 105 Å². The number of phenols is 2. The van der Waals surface area contributed by atoms with Crippen molar-refractivity contribution in [2.45, 2.75) is 162 Å². The molecule has 14 rings (SSSR count). The average molecular weight is 2250 g/mol. The van der Waals surface area contributed by atoms with Crippen molar-refractivity contribution in [1.29, 1.82) is 1.28 Å². The first-order chi connectivity index (χ1) is 65.8. The summed E-state index contributed by atoms with van der Waals surface area (Å²) >= 11 is 6.24. The van der Waals surface area contributed by atoms with Gasteiger partial charge < -0.3 is 50.2 Å². The molecule has 0 spiro atoms. The Labute approximate surface area is 915 Å². The third-order valence-corrected chi connectivity index (χ3v) is 19.5. The summed E-state index contributed by atoms with van der Waals surface area (Å²) in [6.07, 6.45) is 10.1. The molecule has 2 fully saturated rings. The van der Waals surface area contributed by atoms with Gasteiger partial charge in [-0.3, -0.25) is 4.79 Å². The summed E-state index contributed by atoms with van der Waals surface area (Å²) in [5.41, 5.74) is -2.39. The van der Waals surface area contributed by atoms with Crippen molar-refractivity contribution in [2.75, 3.05) is 19.8 Å². The van der Waals surface area contributed by atoms with Gasteiger partial charge in [0.1, 0.15) is 92.2 Å². The van der Waals surface area contributed by atoms with Gasteiger partial charge in [0.2, 0.25) is 0 Å². The van der Waals surface area contributed by atoms with E-state index in [1.54, 1.807) is 30.5 Å². The molecule has 3 aliphatic rings. The normalized spacial score (nSPS) is 13.3. The molecule has 3 aliphatic heterocycles. The van der Waals surface area contributed by atoms with Crippen LogP contribution < -0.4 is 122 Å². The van der Waals surface area contributed by atoms with E-state index in [2.05, 4.69) is 30.4 Å². The van der Waals surface area contributed by atoms with E-state index in [0.29, 0.717) is 86.9 Å². The zero-order chi connectivity index (χ0) is 105. The van der Waals surface area contributed by atoms with Gasteiger partial charge in [-0.2, -0.15) is 17.6 Å². The summed E-state index contributed by atoms with van der Waals surface area (Å²) in [7, 11) is 2.20. The molecule has 3 heterocycles. The van der Waals surface area contributed by atoms with Crippen LogP contribution in [0.1, 0.15) is 145 Å². The fourth-order valence-corrected chi connectivity index (χ4v) is 12.8. The molecule has 0 radical (unpaired) electrons. The zero-order valence-corrected chi connectivity index (χ0v) is 87.6. The number of phenolic OH excluding ortho intramolecular Hbond substituents is 2. The summed E-state index contributed by atoms with van der Waals surface area (Å²) in [4.78, 5) is 7.42. The van der Waals surface area contributed by atoms with E-state index in [-0.39, 0.29) is 193 Å². The molecule has 4 unspecified atom stereocenters. The standard InChI is InChI=1S/C23H16F8O.C16H12BrF5.C15H13F3.C12H13F3O2.C11H11F3O2.C7H5F3O.C6H3F3O.C5H8O.CH2O3.CH4.ClH.2K.H2P2S.H/c1-3-4-12-5-6-14(15(24)7-12)13-8-16(25)20(17(26)9-13)23(30,31)32-19-10-18(27)22(29)21(28)11(19)2;1-2-3-9-4-5-11(12(18)6-9)10-7-13(19)15(14(20)8-10)16(17,21)22;1-2-3-10-4-5-14(15(18)6-10)11-7-12(16)9-13(17)8-11;1-7-9(6-8(13)12(15)11(7)14)17-10-4-2-3-5-16-10;12-8-5-7(6-9(13)11(8)14)16-10-3-1-2-4-15-10;1-3-5(11)2-4(8)7(10)6(3)9;7-4-1-3(10)2-5(8)6(4)9;1-2-4-6-5-3-1;2-1-4-3;;;;;1-2-3;/h5-10H,3-4H2,1-2H3;4-8H,2-3H2,1H3;4-9H,2-3H2,1H3;6,10H,2-5H2,1H3;5-6,10H,1-4H2;2,11H,1H3;1-2,10H;2,4H,1,3,5H2;1,3H;1H4;1H;;;1H2;/q;;;;;;;;;;;2*+1;;-1/i/hT. The molecule has 772 valence electrons.